The highest BCUT2D eigenvalue weighted by Gasteiger charge is 2.54. The van der Waals surface area contributed by atoms with E-state index in [9.17, 15) is 19.2 Å². The van der Waals surface area contributed by atoms with Crippen molar-refractivity contribution >= 4 is 46.7 Å². The summed E-state index contributed by atoms with van der Waals surface area (Å²) in [5.41, 5.74) is 1.46. The molecule has 2 aromatic carbocycles. The minimum Gasteiger partial charge on any atom is -0.292 e. The second kappa shape index (κ2) is 9.35. The van der Waals surface area contributed by atoms with E-state index in [0.717, 1.165) is 15.6 Å². The van der Waals surface area contributed by atoms with Gasteiger partial charge >= 0.3 is 0 Å². The molecule has 0 saturated carbocycles. The fraction of sp³-hybridized carbons (Fsp3) is 0.308. The summed E-state index contributed by atoms with van der Waals surface area (Å²) in [6.45, 7) is 5.28. The molecule has 34 heavy (non-hydrogen) atoms. The number of carbonyl (C=O) groups excluding carboxylic acids is 4. The molecule has 0 aromatic heterocycles. The van der Waals surface area contributed by atoms with Crippen LogP contribution in [-0.2, 0) is 9.59 Å². The van der Waals surface area contributed by atoms with Crippen molar-refractivity contribution in [1.82, 2.24) is 10.0 Å². The number of rotatable bonds is 5. The molecule has 1 aliphatic carbocycles. The smallest absolute Gasteiger partial charge is 0.273 e. The van der Waals surface area contributed by atoms with Crippen molar-refractivity contribution in [3.05, 3.63) is 81.4 Å². The van der Waals surface area contributed by atoms with E-state index in [1.165, 1.54) is 25.1 Å². The van der Waals surface area contributed by atoms with Crippen LogP contribution in [0.25, 0.3) is 0 Å². The number of hydrogen-bond donors (Lipinski definition) is 0. The number of ketones is 1. The molecule has 4 atom stereocenters. The number of allylic oxidation sites excluding steroid dienone is 2. The summed E-state index contributed by atoms with van der Waals surface area (Å²) >= 11 is 12.1. The zero-order valence-corrected chi connectivity index (χ0v) is 20.5. The number of carbonyl (C=O) groups is 4. The molecule has 8 heteroatoms. The fourth-order valence-corrected chi connectivity index (χ4v) is 4.91. The number of imide groups is 1. The third-order valence-electron chi connectivity index (χ3n) is 6.52. The Hall–Kier alpha value is -2.96. The standard InChI is InChI=1S/C26H24Cl2N2O4/c1-14-7-9-17(10-8-14)23(31)16(3)29(24(32)18-11-12-20(27)21(28)13-18)30-25(33)19-6-4-5-15(2)22(19)26(30)34/h4-5,7-13,15-16,19,22H,6H2,1-3H3/t15-,16-,19+,22+/m0/s1. The first kappa shape index (κ1) is 24.2. The number of nitrogens with zero attached hydrogens (tertiary/aromatic N) is 2. The maximum atomic E-state index is 13.7. The van der Waals surface area contributed by atoms with E-state index in [-0.39, 0.29) is 21.5 Å². The van der Waals surface area contributed by atoms with Crippen molar-refractivity contribution in [2.24, 2.45) is 17.8 Å². The molecule has 2 aromatic rings. The molecule has 1 fully saturated rings. The predicted molar refractivity (Wildman–Crippen MR) is 129 cm³/mol. The summed E-state index contributed by atoms with van der Waals surface area (Å²) in [7, 11) is 0. The van der Waals surface area contributed by atoms with Crippen molar-refractivity contribution in [1.29, 1.82) is 0 Å². The summed E-state index contributed by atoms with van der Waals surface area (Å²) in [5, 5.41) is 2.26. The highest BCUT2D eigenvalue weighted by atomic mass is 35.5. The van der Waals surface area contributed by atoms with Gasteiger partial charge in [0, 0.05) is 11.1 Å². The normalized spacial score (nSPS) is 22.5. The van der Waals surface area contributed by atoms with Crippen LogP contribution in [0.5, 0.6) is 0 Å². The summed E-state index contributed by atoms with van der Waals surface area (Å²) in [5.74, 6) is -3.36. The summed E-state index contributed by atoms with van der Waals surface area (Å²) in [6.07, 6.45) is 4.19. The molecule has 1 heterocycles. The largest absolute Gasteiger partial charge is 0.292 e. The Labute approximate surface area is 208 Å². The van der Waals surface area contributed by atoms with Gasteiger partial charge in [0.15, 0.2) is 5.78 Å². The lowest BCUT2D eigenvalue weighted by Crippen LogP contribution is -2.56. The highest BCUT2D eigenvalue weighted by Crippen LogP contribution is 2.40. The average Bonchev–Trinajstić information content (AvgIpc) is 3.07. The minimum absolute atomic E-state index is 0.111. The maximum absolute atomic E-state index is 13.7. The molecule has 0 unspecified atom stereocenters. The molecule has 1 aliphatic heterocycles. The van der Waals surface area contributed by atoms with Crippen molar-refractivity contribution in [3.8, 4) is 0 Å². The lowest BCUT2D eigenvalue weighted by Gasteiger charge is -2.35. The van der Waals surface area contributed by atoms with Crippen LogP contribution in [-0.4, -0.2) is 39.6 Å². The van der Waals surface area contributed by atoms with E-state index < -0.39 is 41.4 Å². The van der Waals surface area contributed by atoms with Gasteiger partial charge in [-0.15, -0.1) is 0 Å². The molecular formula is C26H24Cl2N2O4. The fourth-order valence-electron chi connectivity index (χ4n) is 4.61. The zero-order valence-electron chi connectivity index (χ0n) is 19.0. The van der Waals surface area contributed by atoms with Gasteiger partial charge in [0.2, 0.25) is 0 Å². The monoisotopic (exact) mass is 498 g/mol. The second-order valence-corrected chi connectivity index (χ2v) is 9.64. The van der Waals surface area contributed by atoms with Gasteiger partial charge in [0.05, 0.1) is 21.9 Å². The van der Waals surface area contributed by atoms with Crippen LogP contribution in [0.2, 0.25) is 10.0 Å². The summed E-state index contributed by atoms with van der Waals surface area (Å²) in [4.78, 5) is 54.0. The zero-order chi connectivity index (χ0) is 24.7. The average molecular weight is 499 g/mol. The second-order valence-electron chi connectivity index (χ2n) is 8.83. The van der Waals surface area contributed by atoms with Crippen LogP contribution in [0.3, 0.4) is 0 Å². The van der Waals surface area contributed by atoms with Gasteiger partial charge in [-0.25, -0.2) is 5.01 Å². The van der Waals surface area contributed by atoms with Crippen LogP contribution in [0, 0.1) is 24.7 Å². The summed E-state index contributed by atoms with van der Waals surface area (Å²) in [6, 6.07) is 10.1. The van der Waals surface area contributed by atoms with Gasteiger partial charge in [0.1, 0.15) is 6.04 Å². The molecule has 6 nitrogen and oxygen atoms in total. The first-order chi connectivity index (χ1) is 16.1. The van der Waals surface area contributed by atoms with E-state index in [4.69, 9.17) is 23.2 Å². The number of fused-ring (bicyclic) bond motifs is 1. The van der Waals surface area contributed by atoms with Gasteiger partial charge in [-0.3, -0.25) is 19.2 Å². The number of Topliss-reactive ketones (excluding diaryl/α,β-unsaturated/α-hetero) is 1. The van der Waals surface area contributed by atoms with Crippen molar-refractivity contribution in [3.63, 3.8) is 0 Å². The maximum Gasteiger partial charge on any atom is 0.273 e. The Morgan fingerprint density at radius 1 is 1.00 bits per heavy atom. The predicted octanol–water partition coefficient (Wildman–Crippen LogP) is 5.13. The van der Waals surface area contributed by atoms with Gasteiger partial charge in [0.25, 0.3) is 17.7 Å². The van der Waals surface area contributed by atoms with Crippen LogP contribution in [0.1, 0.15) is 46.5 Å². The summed E-state index contributed by atoms with van der Waals surface area (Å²) < 4.78 is 0. The van der Waals surface area contributed by atoms with E-state index in [1.54, 1.807) is 24.3 Å². The number of benzene rings is 2. The van der Waals surface area contributed by atoms with Crippen LogP contribution in [0.15, 0.2) is 54.6 Å². The van der Waals surface area contributed by atoms with Gasteiger partial charge in [-0.05, 0) is 44.4 Å². The minimum atomic E-state index is -1.12. The van der Waals surface area contributed by atoms with Crippen LogP contribution in [0.4, 0.5) is 0 Å². The van der Waals surface area contributed by atoms with Gasteiger partial charge in [-0.2, -0.15) is 5.01 Å². The third-order valence-corrected chi connectivity index (χ3v) is 7.26. The number of hydrazine groups is 1. The number of aryl methyl sites for hydroxylation is 1. The lowest BCUT2D eigenvalue weighted by molar-refractivity contribution is -0.156. The van der Waals surface area contributed by atoms with E-state index in [1.807, 2.05) is 26.0 Å². The molecule has 0 bridgehead atoms. The number of amides is 3. The Balaban J connectivity index is 1.78. The Bertz CT molecular complexity index is 1210. The molecule has 0 N–H and O–H groups in total. The molecular weight excluding hydrogens is 475 g/mol. The number of halogens is 2. The Morgan fingerprint density at radius 2 is 1.65 bits per heavy atom. The van der Waals surface area contributed by atoms with Crippen molar-refractivity contribution in [2.45, 2.75) is 33.2 Å². The number of hydrogen-bond acceptors (Lipinski definition) is 4. The molecule has 4 rings (SSSR count). The Morgan fingerprint density at radius 3 is 2.26 bits per heavy atom. The third kappa shape index (κ3) is 4.17. The quantitative estimate of drug-likeness (QED) is 0.325. The first-order valence-electron chi connectivity index (χ1n) is 11.1. The molecule has 0 spiro atoms. The van der Waals surface area contributed by atoms with E-state index >= 15 is 0 Å². The van der Waals surface area contributed by atoms with E-state index in [2.05, 4.69) is 0 Å². The molecule has 3 amide bonds. The SMILES string of the molecule is Cc1ccc(C(=O)[C@H](C)N(C(=O)c2ccc(Cl)c(Cl)c2)N2C(=O)[C@@H]3[C@@H](C)C=CC[C@H]3C2=O)cc1. The first-order valence-corrected chi connectivity index (χ1v) is 11.8. The van der Waals surface area contributed by atoms with Crippen molar-refractivity contribution < 1.29 is 19.2 Å². The van der Waals surface area contributed by atoms with Gasteiger partial charge < -0.3 is 0 Å². The molecule has 0 radical (unpaired) electrons. The molecule has 176 valence electrons. The van der Waals surface area contributed by atoms with Crippen molar-refractivity contribution in [2.75, 3.05) is 0 Å². The molecule has 2 aliphatic rings. The van der Waals surface area contributed by atoms with Gasteiger partial charge in [-0.1, -0.05) is 72.1 Å². The Kier molecular flexibility index (Phi) is 6.65. The van der Waals surface area contributed by atoms with Crippen LogP contribution < -0.4 is 0 Å². The van der Waals surface area contributed by atoms with Crippen LogP contribution >= 0.6 is 23.2 Å². The topological polar surface area (TPSA) is 74.8 Å². The van der Waals surface area contributed by atoms with E-state index in [0.29, 0.717) is 12.0 Å². The molecule has 1 saturated heterocycles. The lowest BCUT2D eigenvalue weighted by atomic mass is 9.78. The highest BCUT2D eigenvalue weighted by molar-refractivity contribution is 6.42.